The molecule has 2 aromatic carbocycles. The summed E-state index contributed by atoms with van der Waals surface area (Å²) >= 11 is 0. The van der Waals surface area contributed by atoms with Crippen LogP contribution in [0.15, 0.2) is 42.5 Å². The molecule has 1 aliphatic heterocycles. The molecule has 0 bridgehead atoms. The molecule has 2 aromatic rings. The van der Waals surface area contributed by atoms with E-state index in [0.29, 0.717) is 16.9 Å². The SMILES string of the molecule is CC(=O)c1ccc2c(c1)C(=O)C(C(=O)c1ccc(C)cc1)O2. The van der Waals surface area contributed by atoms with Crippen molar-refractivity contribution >= 4 is 17.3 Å². The second-order valence-electron chi connectivity index (χ2n) is 5.36. The summed E-state index contributed by atoms with van der Waals surface area (Å²) < 4.78 is 5.49. The number of rotatable bonds is 3. The summed E-state index contributed by atoms with van der Waals surface area (Å²) in [4.78, 5) is 36.2. The summed E-state index contributed by atoms with van der Waals surface area (Å²) in [6.45, 7) is 3.35. The lowest BCUT2D eigenvalue weighted by Gasteiger charge is -2.08. The average Bonchev–Trinajstić information content (AvgIpc) is 2.84. The molecule has 22 heavy (non-hydrogen) atoms. The van der Waals surface area contributed by atoms with Crippen molar-refractivity contribution in [1.29, 1.82) is 0 Å². The van der Waals surface area contributed by atoms with Gasteiger partial charge >= 0.3 is 0 Å². The smallest absolute Gasteiger partial charge is 0.224 e. The highest BCUT2D eigenvalue weighted by Gasteiger charge is 2.38. The molecule has 0 radical (unpaired) electrons. The fourth-order valence-corrected chi connectivity index (χ4v) is 2.41. The van der Waals surface area contributed by atoms with Crippen molar-refractivity contribution in [3.8, 4) is 5.75 Å². The molecule has 1 aliphatic rings. The summed E-state index contributed by atoms with van der Waals surface area (Å²) in [5.41, 5.74) is 2.19. The minimum Gasteiger partial charge on any atom is -0.473 e. The Balaban J connectivity index is 1.92. The van der Waals surface area contributed by atoms with Crippen LogP contribution in [0, 0.1) is 6.92 Å². The first-order valence-electron chi connectivity index (χ1n) is 6.94. The Kier molecular flexibility index (Phi) is 3.37. The molecule has 0 aliphatic carbocycles. The predicted octanol–water partition coefficient (Wildman–Crippen LogP) is 3.02. The molecule has 0 saturated carbocycles. The second-order valence-corrected chi connectivity index (χ2v) is 5.36. The van der Waals surface area contributed by atoms with Crippen LogP contribution in [0.5, 0.6) is 5.75 Å². The van der Waals surface area contributed by atoms with Gasteiger partial charge in [0.1, 0.15) is 5.75 Å². The molecule has 3 rings (SSSR count). The van der Waals surface area contributed by atoms with Gasteiger partial charge in [-0.15, -0.1) is 0 Å². The van der Waals surface area contributed by atoms with Crippen molar-refractivity contribution < 1.29 is 19.1 Å². The lowest BCUT2D eigenvalue weighted by atomic mass is 9.98. The zero-order chi connectivity index (χ0) is 15.9. The second kappa shape index (κ2) is 5.22. The highest BCUT2D eigenvalue weighted by atomic mass is 16.5. The maximum atomic E-state index is 12.4. The Labute approximate surface area is 127 Å². The summed E-state index contributed by atoms with van der Waals surface area (Å²) in [6.07, 6.45) is -1.17. The molecule has 1 atom stereocenters. The topological polar surface area (TPSA) is 60.4 Å². The normalized spacial score (nSPS) is 16.1. The first kappa shape index (κ1) is 14.2. The highest BCUT2D eigenvalue weighted by molar-refractivity contribution is 6.21. The lowest BCUT2D eigenvalue weighted by molar-refractivity contribution is 0.0720. The van der Waals surface area contributed by atoms with Crippen LogP contribution in [0.25, 0.3) is 0 Å². The van der Waals surface area contributed by atoms with Crippen molar-refractivity contribution in [2.24, 2.45) is 0 Å². The van der Waals surface area contributed by atoms with E-state index in [-0.39, 0.29) is 17.1 Å². The fourth-order valence-electron chi connectivity index (χ4n) is 2.41. The van der Waals surface area contributed by atoms with Gasteiger partial charge in [0.2, 0.25) is 17.7 Å². The molecule has 0 amide bonds. The summed E-state index contributed by atoms with van der Waals surface area (Å²) in [6, 6.07) is 11.6. The monoisotopic (exact) mass is 294 g/mol. The van der Waals surface area contributed by atoms with E-state index >= 15 is 0 Å². The number of fused-ring (bicyclic) bond motifs is 1. The van der Waals surface area contributed by atoms with Gasteiger partial charge in [0.25, 0.3) is 0 Å². The molecule has 0 aromatic heterocycles. The van der Waals surface area contributed by atoms with E-state index in [4.69, 9.17) is 4.74 Å². The minimum absolute atomic E-state index is 0.135. The number of benzene rings is 2. The summed E-state index contributed by atoms with van der Waals surface area (Å²) in [7, 11) is 0. The van der Waals surface area contributed by atoms with Crippen molar-refractivity contribution in [3.05, 3.63) is 64.7 Å². The van der Waals surface area contributed by atoms with Gasteiger partial charge in [-0.1, -0.05) is 29.8 Å². The first-order valence-corrected chi connectivity index (χ1v) is 6.94. The molecule has 110 valence electrons. The Bertz CT molecular complexity index is 787. The molecule has 4 nitrogen and oxygen atoms in total. The number of aryl methyl sites for hydroxylation is 1. The standard InChI is InChI=1S/C18H14O4/c1-10-3-5-12(6-4-10)16(20)18-17(21)14-9-13(11(2)19)7-8-15(14)22-18/h3-9,18H,1-2H3. The van der Waals surface area contributed by atoms with Crippen LogP contribution in [0.2, 0.25) is 0 Å². The maximum Gasteiger partial charge on any atom is 0.224 e. The van der Waals surface area contributed by atoms with Gasteiger partial charge in [0.15, 0.2) is 5.78 Å². The van der Waals surface area contributed by atoms with Gasteiger partial charge in [-0.05, 0) is 32.0 Å². The predicted molar refractivity (Wildman–Crippen MR) is 80.7 cm³/mol. The van der Waals surface area contributed by atoms with Crippen LogP contribution in [-0.4, -0.2) is 23.5 Å². The first-order chi connectivity index (χ1) is 10.5. The van der Waals surface area contributed by atoms with Gasteiger partial charge in [-0.25, -0.2) is 0 Å². The molecule has 4 heteroatoms. The van der Waals surface area contributed by atoms with Crippen LogP contribution < -0.4 is 4.74 Å². The van der Waals surface area contributed by atoms with Crippen LogP contribution in [0.1, 0.15) is 43.6 Å². The number of hydrogen-bond acceptors (Lipinski definition) is 4. The summed E-state index contributed by atoms with van der Waals surface area (Å²) in [5, 5.41) is 0. The van der Waals surface area contributed by atoms with Crippen LogP contribution >= 0.6 is 0 Å². The largest absolute Gasteiger partial charge is 0.473 e. The molecule has 1 unspecified atom stereocenters. The number of ketones is 3. The number of ether oxygens (including phenoxy) is 1. The van der Waals surface area contributed by atoms with E-state index < -0.39 is 11.9 Å². The number of carbonyl (C=O) groups excluding carboxylic acids is 3. The molecular weight excluding hydrogens is 280 g/mol. The minimum atomic E-state index is -1.17. The van der Waals surface area contributed by atoms with Gasteiger partial charge < -0.3 is 4.74 Å². The van der Waals surface area contributed by atoms with E-state index in [1.807, 2.05) is 19.1 Å². The zero-order valence-corrected chi connectivity index (χ0v) is 12.3. The van der Waals surface area contributed by atoms with Gasteiger partial charge in [0.05, 0.1) is 5.56 Å². The molecule has 0 saturated heterocycles. The maximum absolute atomic E-state index is 12.4. The quantitative estimate of drug-likeness (QED) is 0.645. The average molecular weight is 294 g/mol. The molecule has 0 N–H and O–H groups in total. The number of hydrogen-bond donors (Lipinski definition) is 0. The Morgan fingerprint density at radius 1 is 1.00 bits per heavy atom. The molecule has 0 spiro atoms. The zero-order valence-electron chi connectivity index (χ0n) is 12.3. The van der Waals surface area contributed by atoms with Crippen LogP contribution in [0.3, 0.4) is 0 Å². The summed E-state index contributed by atoms with van der Waals surface area (Å²) in [5.74, 6) is -0.557. The Hall–Kier alpha value is -2.75. The van der Waals surface area contributed by atoms with E-state index in [9.17, 15) is 14.4 Å². The molecule has 1 heterocycles. The van der Waals surface area contributed by atoms with Gasteiger partial charge in [0, 0.05) is 11.1 Å². The van der Waals surface area contributed by atoms with Crippen LogP contribution in [0.4, 0.5) is 0 Å². The van der Waals surface area contributed by atoms with Crippen molar-refractivity contribution in [1.82, 2.24) is 0 Å². The third-order valence-electron chi connectivity index (χ3n) is 3.71. The third-order valence-corrected chi connectivity index (χ3v) is 3.71. The highest BCUT2D eigenvalue weighted by Crippen LogP contribution is 2.31. The number of Topliss-reactive ketones (excluding diaryl/α,β-unsaturated/α-hetero) is 3. The van der Waals surface area contributed by atoms with Crippen molar-refractivity contribution in [2.75, 3.05) is 0 Å². The number of carbonyl (C=O) groups is 3. The third kappa shape index (κ3) is 2.33. The van der Waals surface area contributed by atoms with Gasteiger partial charge in [-0.3, -0.25) is 14.4 Å². The fraction of sp³-hybridized carbons (Fsp3) is 0.167. The van der Waals surface area contributed by atoms with Crippen LogP contribution in [-0.2, 0) is 0 Å². The van der Waals surface area contributed by atoms with E-state index in [1.54, 1.807) is 24.3 Å². The van der Waals surface area contributed by atoms with E-state index in [2.05, 4.69) is 0 Å². The Morgan fingerprint density at radius 2 is 1.64 bits per heavy atom. The lowest BCUT2D eigenvalue weighted by Crippen LogP contribution is -2.30. The van der Waals surface area contributed by atoms with Gasteiger partial charge in [-0.2, -0.15) is 0 Å². The Morgan fingerprint density at radius 3 is 2.27 bits per heavy atom. The van der Waals surface area contributed by atoms with Crippen molar-refractivity contribution in [3.63, 3.8) is 0 Å². The van der Waals surface area contributed by atoms with E-state index in [1.165, 1.54) is 13.0 Å². The molecular formula is C18H14O4. The van der Waals surface area contributed by atoms with Crippen molar-refractivity contribution in [2.45, 2.75) is 20.0 Å². The molecule has 0 fully saturated rings. The van der Waals surface area contributed by atoms with E-state index in [0.717, 1.165) is 5.56 Å².